The molecule has 1 saturated heterocycles. The summed E-state index contributed by atoms with van der Waals surface area (Å²) in [5, 5.41) is 14.7. The number of rotatable bonds is 3. The highest BCUT2D eigenvalue weighted by Crippen LogP contribution is 2.24. The Hall–Kier alpha value is -1.41. The first-order valence-corrected chi connectivity index (χ1v) is 6.21. The van der Waals surface area contributed by atoms with Crippen LogP contribution in [-0.4, -0.2) is 46.6 Å². The Kier molecular flexibility index (Phi) is 2.68. The second-order valence-electron chi connectivity index (χ2n) is 3.53. The van der Waals surface area contributed by atoms with Crippen molar-refractivity contribution in [3.63, 3.8) is 0 Å². The number of sulfonamides is 1. The molecule has 0 spiro atoms. The molecule has 7 nitrogen and oxygen atoms in total. The fraction of sp³-hybridized carbons (Fsp3) is 0.500. The van der Waals surface area contributed by atoms with E-state index in [0.29, 0.717) is 12.8 Å². The summed E-state index contributed by atoms with van der Waals surface area (Å²) < 4.78 is 25.0. The summed E-state index contributed by atoms with van der Waals surface area (Å²) in [6.45, 7) is 0.234. The molecule has 16 heavy (non-hydrogen) atoms. The molecule has 8 heteroatoms. The SMILES string of the molecule is O=C(O)C1CCCN1S(=O)(=O)c1ccn[nH]1. The number of hydrogen-bond donors (Lipinski definition) is 2. The van der Waals surface area contributed by atoms with E-state index in [4.69, 9.17) is 5.11 Å². The van der Waals surface area contributed by atoms with Gasteiger partial charge in [-0.15, -0.1) is 0 Å². The van der Waals surface area contributed by atoms with E-state index in [1.807, 2.05) is 0 Å². The zero-order valence-corrected chi connectivity index (χ0v) is 9.14. The molecule has 1 aliphatic heterocycles. The maximum atomic E-state index is 12.0. The largest absolute Gasteiger partial charge is 0.480 e. The standard InChI is InChI=1S/C8H11N3O4S/c12-8(13)6-2-1-5-11(6)16(14,15)7-3-4-9-10-7/h3-4,6H,1-2,5H2,(H,9,10)(H,12,13). The second kappa shape index (κ2) is 3.87. The van der Waals surface area contributed by atoms with Gasteiger partial charge in [-0.3, -0.25) is 9.89 Å². The number of nitrogens with zero attached hydrogens (tertiary/aromatic N) is 2. The average molecular weight is 245 g/mol. The van der Waals surface area contributed by atoms with Crippen LogP contribution in [-0.2, 0) is 14.8 Å². The smallest absolute Gasteiger partial charge is 0.322 e. The Bertz CT molecular complexity index is 481. The number of carboxylic acid groups (broad SMARTS) is 1. The molecule has 0 saturated carbocycles. The average Bonchev–Trinajstić information content (AvgIpc) is 2.89. The third-order valence-corrected chi connectivity index (χ3v) is 4.39. The van der Waals surface area contributed by atoms with E-state index in [-0.39, 0.29) is 11.6 Å². The van der Waals surface area contributed by atoms with Crippen molar-refractivity contribution in [3.8, 4) is 0 Å². The summed E-state index contributed by atoms with van der Waals surface area (Å²) in [4.78, 5) is 10.9. The molecule has 1 aromatic heterocycles. The number of aliphatic carboxylic acids is 1. The van der Waals surface area contributed by atoms with Crippen LogP contribution in [0.25, 0.3) is 0 Å². The topological polar surface area (TPSA) is 103 Å². The van der Waals surface area contributed by atoms with Gasteiger partial charge in [0.2, 0.25) is 0 Å². The van der Waals surface area contributed by atoms with Gasteiger partial charge in [-0.1, -0.05) is 0 Å². The molecule has 1 aromatic rings. The third-order valence-electron chi connectivity index (χ3n) is 2.55. The third kappa shape index (κ3) is 1.69. The lowest BCUT2D eigenvalue weighted by atomic mass is 10.2. The number of hydrogen-bond acceptors (Lipinski definition) is 4. The molecule has 1 aliphatic rings. The number of aromatic amines is 1. The Morgan fingerprint density at radius 2 is 2.38 bits per heavy atom. The summed E-state index contributed by atoms with van der Waals surface area (Å²) in [6.07, 6.45) is 2.23. The molecule has 1 atom stereocenters. The normalized spacial score (nSPS) is 22.4. The summed E-state index contributed by atoms with van der Waals surface area (Å²) in [5.41, 5.74) is 0. The molecule has 2 rings (SSSR count). The van der Waals surface area contributed by atoms with E-state index in [1.54, 1.807) is 0 Å². The van der Waals surface area contributed by atoms with Gasteiger partial charge in [-0.2, -0.15) is 9.40 Å². The molecule has 2 heterocycles. The monoisotopic (exact) mass is 245 g/mol. The summed E-state index contributed by atoms with van der Waals surface area (Å²) in [7, 11) is -3.76. The lowest BCUT2D eigenvalue weighted by Crippen LogP contribution is -2.40. The van der Waals surface area contributed by atoms with Crippen LogP contribution in [0.2, 0.25) is 0 Å². The van der Waals surface area contributed by atoms with Crippen molar-refractivity contribution in [2.45, 2.75) is 23.9 Å². The Morgan fingerprint density at radius 1 is 1.62 bits per heavy atom. The Morgan fingerprint density at radius 3 is 2.94 bits per heavy atom. The first-order valence-electron chi connectivity index (χ1n) is 4.77. The molecular weight excluding hydrogens is 234 g/mol. The summed E-state index contributed by atoms with van der Waals surface area (Å²) in [6, 6.07) is 0.348. The molecule has 0 amide bonds. The van der Waals surface area contributed by atoms with Gasteiger partial charge in [0.05, 0.1) is 6.20 Å². The van der Waals surface area contributed by atoms with Crippen molar-refractivity contribution in [1.82, 2.24) is 14.5 Å². The van der Waals surface area contributed by atoms with Crippen LogP contribution in [0.15, 0.2) is 17.3 Å². The zero-order chi connectivity index (χ0) is 11.8. The first-order chi connectivity index (χ1) is 7.53. The van der Waals surface area contributed by atoms with Gasteiger partial charge < -0.3 is 5.11 Å². The van der Waals surface area contributed by atoms with Crippen molar-refractivity contribution < 1.29 is 18.3 Å². The van der Waals surface area contributed by atoms with Crippen molar-refractivity contribution in [2.75, 3.05) is 6.54 Å². The van der Waals surface area contributed by atoms with Crippen LogP contribution in [0.1, 0.15) is 12.8 Å². The van der Waals surface area contributed by atoms with Gasteiger partial charge in [0.25, 0.3) is 10.0 Å². The highest BCUT2D eigenvalue weighted by atomic mass is 32.2. The number of aromatic nitrogens is 2. The van der Waals surface area contributed by atoms with Gasteiger partial charge in [-0.05, 0) is 18.9 Å². The molecule has 0 aliphatic carbocycles. The minimum atomic E-state index is -3.76. The predicted molar refractivity (Wildman–Crippen MR) is 53.1 cm³/mol. The number of carboxylic acids is 1. The Labute approximate surface area is 92.1 Å². The molecule has 1 fully saturated rings. The quantitative estimate of drug-likeness (QED) is 0.757. The summed E-state index contributed by atoms with van der Waals surface area (Å²) >= 11 is 0. The van der Waals surface area contributed by atoms with Crippen LogP contribution in [0.5, 0.6) is 0 Å². The highest BCUT2D eigenvalue weighted by Gasteiger charge is 2.39. The van der Waals surface area contributed by atoms with Crippen molar-refractivity contribution in [1.29, 1.82) is 0 Å². The van der Waals surface area contributed by atoms with Gasteiger partial charge in [0.1, 0.15) is 6.04 Å². The molecule has 2 N–H and O–H groups in total. The van der Waals surface area contributed by atoms with Crippen molar-refractivity contribution >= 4 is 16.0 Å². The Balaban J connectivity index is 2.34. The highest BCUT2D eigenvalue weighted by molar-refractivity contribution is 7.89. The van der Waals surface area contributed by atoms with Crippen LogP contribution in [0.3, 0.4) is 0 Å². The fourth-order valence-corrected chi connectivity index (χ4v) is 3.34. The van der Waals surface area contributed by atoms with E-state index >= 15 is 0 Å². The number of nitrogens with one attached hydrogen (secondary N) is 1. The van der Waals surface area contributed by atoms with E-state index < -0.39 is 22.0 Å². The first kappa shape index (κ1) is 11.1. The van der Waals surface area contributed by atoms with Gasteiger partial charge in [-0.25, -0.2) is 8.42 Å². The minimum Gasteiger partial charge on any atom is -0.480 e. The van der Waals surface area contributed by atoms with Gasteiger partial charge in [0, 0.05) is 6.54 Å². The van der Waals surface area contributed by atoms with E-state index in [2.05, 4.69) is 10.2 Å². The fourth-order valence-electron chi connectivity index (χ4n) is 1.79. The zero-order valence-electron chi connectivity index (χ0n) is 8.33. The van der Waals surface area contributed by atoms with E-state index in [9.17, 15) is 13.2 Å². The van der Waals surface area contributed by atoms with Crippen molar-refractivity contribution in [3.05, 3.63) is 12.3 Å². The van der Waals surface area contributed by atoms with Crippen LogP contribution in [0, 0.1) is 0 Å². The lowest BCUT2D eigenvalue weighted by Gasteiger charge is -2.19. The van der Waals surface area contributed by atoms with Crippen molar-refractivity contribution in [2.24, 2.45) is 0 Å². The molecular formula is C8H11N3O4S. The van der Waals surface area contributed by atoms with Gasteiger partial charge in [0.15, 0.2) is 5.03 Å². The minimum absolute atomic E-state index is 0.0688. The molecule has 0 aromatic carbocycles. The van der Waals surface area contributed by atoms with Crippen LogP contribution in [0.4, 0.5) is 0 Å². The summed E-state index contributed by atoms with van der Waals surface area (Å²) in [5.74, 6) is -1.11. The lowest BCUT2D eigenvalue weighted by molar-refractivity contribution is -0.140. The molecule has 0 radical (unpaired) electrons. The van der Waals surface area contributed by atoms with E-state index in [0.717, 1.165) is 4.31 Å². The van der Waals surface area contributed by atoms with Crippen LogP contribution >= 0.6 is 0 Å². The molecule has 88 valence electrons. The molecule has 1 unspecified atom stereocenters. The van der Waals surface area contributed by atoms with E-state index in [1.165, 1.54) is 12.3 Å². The molecule has 0 bridgehead atoms. The van der Waals surface area contributed by atoms with Gasteiger partial charge >= 0.3 is 5.97 Å². The predicted octanol–water partition coefficient (Wildman–Crippen LogP) is -0.353. The number of carbonyl (C=O) groups is 1. The number of H-pyrrole nitrogens is 1. The second-order valence-corrected chi connectivity index (χ2v) is 5.39. The maximum Gasteiger partial charge on any atom is 0.322 e. The maximum absolute atomic E-state index is 12.0. The van der Waals surface area contributed by atoms with Crippen LogP contribution < -0.4 is 0 Å².